The van der Waals surface area contributed by atoms with E-state index < -0.39 is 7.60 Å². The second-order valence-corrected chi connectivity index (χ2v) is 8.19. The van der Waals surface area contributed by atoms with E-state index >= 15 is 0 Å². The SMILES string of the molecule is CCCCCCOP(=O)(CCCC)OCCCc1ccccc1. The van der Waals surface area contributed by atoms with Crippen molar-refractivity contribution >= 4 is 7.60 Å². The fourth-order valence-corrected chi connectivity index (χ4v) is 4.23. The van der Waals surface area contributed by atoms with Gasteiger partial charge in [0.05, 0.1) is 19.4 Å². The number of benzene rings is 1. The first-order valence-corrected chi connectivity index (χ1v) is 10.8. The van der Waals surface area contributed by atoms with Gasteiger partial charge in [0.2, 0.25) is 0 Å². The predicted molar refractivity (Wildman–Crippen MR) is 98.2 cm³/mol. The van der Waals surface area contributed by atoms with Gasteiger partial charge in [-0.05, 0) is 31.2 Å². The summed E-state index contributed by atoms with van der Waals surface area (Å²) in [5, 5.41) is 0. The highest BCUT2D eigenvalue weighted by Gasteiger charge is 2.23. The Morgan fingerprint density at radius 3 is 2.13 bits per heavy atom. The van der Waals surface area contributed by atoms with Crippen LogP contribution < -0.4 is 0 Å². The van der Waals surface area contributed by atoms with Crippen LogP contribution in [0.4, 0.5) is 0 Å². The molecule has 23 heavy (non-hydrogen) atoms. The zero-order valence-corrected chi connectivity index (χ0v) is 15.7. The first-order valence-electron chi connectivity index (χ1n) is 9.12. The number of rotatable bonds is 14. The summed E-state index contributed by atoms with van der Waals surface area (Å²) < 4.78 is 24.1. The zero-order chi connectivity index (χ0) is 16.8. The van der Waals surface area contributed by atoms with Gasteiger partial charge >= 0.3 is 7.60 Å². The molecule has 0 spiro atoms. The van der Waals surface area contributed by atoms with Gasteiger partial charge < -0.3 is 9.05 Å². The second-order valence-electron chi connectivity index (χ2n) is 6.00. The maximum atomic E-state index is 12.8. The molecule has 0 aliphatic rings. The molecule has 0 amide bonds. The van der Waals surface area contributed by atoms with E-state index in [0.717, 1.165) is 38.5 Å². The smallest absolute Gasteiger partial charge is 0.309 e. The largest absolute Gasteiger partial charge is 0.330 e. The minimum absolute atomic E-state index is 0.505. The van der Waals surface area contributed by atoms with Crippen molar-refractivity contribution < 1.29 is 13.6 Å². The van der Waals surface area contributed by atoms with Crippen LogP contribution in [0.25, 0.3) is 0 Å². The van der Waals surface area contributed by atoms with Gasteiger partial charge in [0.25, 0.3) is 0 Å². The quantitative estimate of drug-likeness (QED) is 0.298. The Balaban J connectivity index is 2.29. The second kappa shape index (κ2) is 12.8. The summed E-state index contributed by atoms with van der Waals surface area (Å²) in [7, 11) is -2.91. The van der Waals surface area contributed by atoms with Crippen molar-refractivity contribution in [2.24, 2.45) is 0 Å². The molecular formula is C19H33O3P. The summed E-state index contributed by atoms with van der Waals surface area (Å²) >= 11 is 0. The van der Waals surface area contributed by atoms with Crippen LogP contribution >= 0.6 is 7.60 Å². The Labute approximate surface area is 142 Å². The van der Waals surface area contributed by atoms with Crippen molar-refractivity contribution in [2.75, 3.05) is 19.4 Å². The number of hydrogen-bond donors (Lipinski definition) is 0. The normalized spacial score (nSPS) is 13.8. The van der Waals surface area contributed by atoms with Gasteiger partial charge in [-0.25, -0.2) is 0 Å². The highest BCUT2D eigenvalue weighted by molar-refractivity contribution is 7.53. The van der Waals surface area contributed by atoms with Crippen LogP contribution in [0.5, 0.6) is 0 Å². The third-order valence-corrected chi connectivity index (χ3v) is 5.83. The zero-order valence-electron chi connectivity index (χ0n) is 14.8. The fraction of sp³-hybridized carbons (Fsp3) is 0.684. The van der Waals surface area contributed by atoms with Gasteiger partial charge in [-0.2, -0.15) is 0 Å². The monoisotopic (exact) mass is 340 g/mol. The van der Waals surface area contributed by atoms with Crippen molar-refractivity contribution in [2.45, 2.75) is 65.2 Å². The summed E-state index contributed by atoms with van der Waals surface area (Å²) in [6.45, 7) is 5.34. The molecule has 0 bridgehead atoms. The van der Waals surface area contributed by atoms with Crippen LogP contribution in [0.15, 0.2) is 30.3 Å². The molecule has 1 atom stereocenters. The molecule has 0 aliphatic heterocycles. The minimum atomic E-state index is -2.91. The molecule has 1 aromatic carbocycles. The Hall–Kier alpha value is -0.630. The number of aryl methyl sites for hydroxylation is 1. The van der Waals surface area contributed by atoms with Crippen molar-refractivity contribution in [1.29, 1.82) is 0 Å². The Morgan fingerprint density at radius 2 is 1.48 bits per heavy atom. The van der Waals surface area contributed by atoms with Gasteiger partial charge in [0.1, 0.15) is 0 Å². The number of hydrogen-bond acceptors (Lipinski definition) is 3. The van der Waals surface area contributed by atoms with Crippen LogP contribution in [0, 0.1) is 0 Å². The highest BCUT2D eigenvalue weighted by atomic mass is 31.2. The predicted octanol–water partition coefficient (Wildman–Crippen LogP) is 6.23. The minimum Gasteiger partial charge on any atom is -0.309 e. The van der Waals surface area contributed by atoms with E-state index in [9.17, 15) is 4.57 Å². The molecule has 1 rings (SSSR count). The molecule has 0 fully saturated rings. The molecule has 0 saturated heterocycles. The molecular weight excluding hydrogens is 307 g/mol. The first-order chi connectivity index (χ1) is 11.2. The van der Waals surface area contributed by atoms with Crippen molar-refractivity contribution in [3.63, 3.8) is 0 Å². The summed E-state index contributed by atoms with van der Waals surface area (Å²) in [4.78, 5) is 0. The van der Waals surface area contributed by atoms with Gasteiger partial charge in [-0.3, -0.25) is 4.57 Å². The summed E-state index contributed by atoms with van der Waals surface area (Å²) in [5.74, 6) is 0. The van der Waals surface area contributed by atoms with Crippen LogP contribution in [0.1, 0.15) is 64.4 Å². The van der Waals surface area contributed by atoms with Crippen LogP contribution in [-0.2, 0) is 20.0 Å². The molecule has 1 unspecified atom stereocenters. The fourth-order valence-electron chi connectivity index (χ4n) is 2.38. The maximum absolute atomic E-state index is 12.8. The van der Waals surface area contributed by atoms with E-state index in [1.807, 2.05) is 18.2 Å². The molecule has 0 N–H and O–H groups in total. The number of unbranched alkanes of at least 4 members (excludes halogenated alkanes) is 4. The van der Waals surface area contributed by atoms with Crippen molar-refractivity contribution in [1.82, 2.24) is 0 Å². The van der Waals surface area contributed by atoms with Gasteiger partial charge in [0, 0.05) is 0 Å². The molecule has 0 aliphatic carbocycles. The van der Waals surface area contributed by atoms with Crippen molar-refractivity contribution in [3.05, 3.63) is 35.9 Å². The van der Waals surface area contributed by atoms with E-state index in [1.54, 1.807) is 0 Å². The standard InChI is InChI=1S/C19H33O3P/c1-3-5-7-11-16-21-23(20,18-6-4-2)22-17-12-15-19-13-9-8-10-14-19/h8-10,13-14H,3-7,11-12,15-18H2,1-2H3. The Bertz CT molecular complexity index is 434. The topological polar surface area (TPSA) is 35.5 Å². The van der Waals surface area contributed by atoms with Gasteiger partial charge in [-0.1, -0.05) is 69.9 Å². The van der Waals surface area contributed by atoms with E-state index in [-0.39, 0.29) is 0 Å². The van der Waals surface area contributed by atoms with Crippen molar-refractivity contribution in [3.8, 4) is 0 Å². The average molecular weight is 340 g/mol. The molecule has 0 radical (unpaired) electrons. The van der Waals surface area contributed by atoms with Crippen LogP contribution in [-0.4, -0.2) is 19.4 Å². The van der Waals surface area contributed by atoms with E-state index in [1.165, 1.54) is 18.4 Å². The lowest BCUT2D eigenvalue weighted by Gasteiger charge is -2.18. The molecule has 0 saturated carbocycles. The first kappa shape index (κ1) is 20.4. The van der Waals surface area contributed by atoms with Gasteiger partial charge in [0.15, 0.2) is 0 Å². The Kier molecular flexibility index (Phi) is 11.3. The lowest BCUT2D eigenvalue weighted by molar-refractivity contribution is 0.199. The molecule has 3 nitrogen and oxygen atoms in total. The summed E-state index contributed by atoms with van der Waals surface area (Å²) in [6, 6.07) is 10.3. The van der Waals surface area contributed by atoms with Crippen LogP contribution in [0.2, 0.25) is 0 Å². The molecule has 0 aromatic heterocycles. The maximum Gasteiger partial charge on any atom is 0.330 e. The van der Waals surface area contributed by atoms with Gasteiger partial charge in [-0.15, -0.1) is 0 Å². The molecule has 0 heterocycles. The van der Waals surface area contributed by atoms with Crippen LogP contribution in [0.3, 0.4) is 0 Å². The molecule has 1 aromatic rings. The lowest BCUT2D eigenvalue weighted by atomic mass is 10.1. The summed E-state index contributed by atoms with van der Waals surface area (Å²) in [5.41, 5.74) is 1.29. The lowest BCUT2D eigenvalue weighted by Crippen LogP contribution is -2.04. The highest BCUT2D eigenvalue weighted by Crippen LogP contribution is 2.49. The Morgan fingerprint density at radius 1 is 0.826 bits per heavy atom. The average Bonchev–Trinajstić information content (AvgIpc) is 2.58. The molecule has 4 heteroatoms. The third-order valence-electron chi connectivity index (χ3n) is 3.81. The van der Waals surface area contributed by atoms with E-state index in [2.05, 4.69) is 26.0 Å². The summed E-state index contributed by atoms with van der Waals surface area (Å²) in [6.07, 6.45) is 8.79. The van der Waals surface area contributed by atoms with E-state index in [0.29, 0.717) is 19.4 Å². The third kappa shape index (κ3) is 9.96. The van der Waals surface area contributed by atoms with E-state index in [4.69, 9.17) is 9.05 Å². The molecule has 132 valence electrons.